The smallest absolute Gasteiger partial charge is 0.266 e. The van der Waals surface area contributed by atoms with Crippen molar-refractivity contribution in [3.05, 3.63) is 41.7 Å². The fraction of sp³-hybridized carbons (Fsp3) is 0.375. The molecule has 0 radical (unpaired) electrons. The van der Waals surface area contributed by atoms with E-state index in [1.165, 1.54) is 0 Å². The molecule has 0 bridgehead atoms. The Bertz CT molecular complexity index is 619. The van der Waals surface area contributed by atoms with Gasteiger partial charge in [0.25, 0.3) is 5.91 Å². The quantitative estimate of drug-likeness (QED) is 0.914. The van der Waals surface area contributed by atoms with E-state index in [0.29, 0.717) is 17.5 Å². The summed E-state index contributed by atoms with van der Waals surface area (Å²) in [6.45, 7) is 7.65. The topological polar surface area (TPSA) is 64.4 Å². The number of nitrogens with zero attached hydrogens (tertiary/aromatic N) is 1. The van der Waals surface area contributed by atoms with Crippen molar-refractivity contribution in [1.82, 2.24) is 5.16 Å². The van der Waals surface area contributed by atoms with E-state index in [0.717, 1.165) is 11.3 Å². The molecule has 21 heavy (non-hydrogen) atoms. The van der Waals surface area contributed by atoms with E-state index >= 15 is 0 Å². The van der Waals surface area contributed by atoms with Gasteiger partial charge in [-0.25, -0.2) is 0 Å². The molecular weight excluding hydrogens is 268 g/mol. The second-order valence-corrected chi connectivity index (χ2v) is 5.26. The molecule has 1 amide bonds. The minimum absolute atomic E-state index is 0.262. The van der Waals surface area contributed by atoms with Crippen molar-refractivity contribution in [2.75, 3.05) is 5.32 Å². The summed E-state index contributed by atoms with van der Waals surface area (Å²) in [7, 11) is 0. The lowest BCUT2D eigenvalue weighted by molar-refractivity contribution is -0.122. The van der Waals surface area contributed by atoms with Crippen molar-refractivity contribution in [3.63, 3.8) is 0 Å². The van der Waals surface area contributed by atoms with Crippen molar-refractivity contribution in [3.8, 4) is 5.75 Å². The average molecular weight is 288 g/mol. The number of hydrogen-bond donors (Lipinski definition) is 1. The molecule has 0 aliphatic heterocycles. The maximum Gasteiger partial charge on any atom is 0.266 e. The van der Waals surface area contributed by atoms with Crippen LogP contribution in [0, 0.1) is 6.92 Å². The maximum absolute atomic E-state index is 12.1. The fourth-order valence-corrected chi connectivity index (χ4v) is 1.96. The first-order valence-electron chi connectivity index (χ1n) is 6.97. The largest absolute Gasteiger partial charge is 0.481 e. The standard InChI is InChI=1S/C16H20N2O3/c1-10(2)13-7-5-6-8-14(13)20-12(4)16(19)17-15-9-11(3)21-18-15/h5-10,12H,1-4H3,(H,17,18,19). The number of benzene rings is 1. The molecular formula is C16H20N2O3. The first-order valence-corrected chi connectivity index (χ1v) is 6.97. The summed E-state index contributed by atoms with van der Waals surface area (Å²) >= 11 is 0. The van der Waals surface area contributed by atoms with Gasteiger partial charge in [0.2, 0.25) is 0 Å². The van der Waals surface area contributed by atoms with E-state index in [1.807, 2.05) is 24.3 Å². The van der Waals surface area contributed by atoms with Gasteiger partial charge >= 0.3 is 0 Å². The molecule has 0 saturated heterocycles. The van der Waals surface area contributed by atoms with E-state index in [1.54, 1.807) is 19.9 Å². The second-order valence-electron chi connectivity index (χ2n) is 5.26. The highest BCUT2D eigenvalue weighted by Crippen LogP contribution is 2.26. The van der Waals surface area contributed by atoms with Gasteiger partial charge in [-0.1, -0.05) is 37.2 Å². The van der Waals surface area contributed by atoms with E-state index in [-0.39, 0.29) is 5.91 Å². The molecule has 0 saturated carbocycles. The van der Waals surface area contributed by atoms with Gasteiger partial charge in [0.15, 0.2) is 11.9 Å². The first kappa shape index (κ1) is 15.1. The van der Waals surface area contributed by atoms with Gasteiger partial charge in [-0.15, -0.1) is 0 Å². The van der Waals surface area contributed by atoms with Crippen LogP contribution >= 0.6 is 0 Å². The van der Waals surface area contributed by atoms with Crippen molar-refractivity contribution in [1.29, 1.82) is 0 Å². The number of nitrogens with one attached hydrogen (secondary N) is 1. The molecule has 112 valence electrons. The molecule has 0 aliphatic carbocycles. The Morgan fingerprint density at radius 3 is 2.62 bits per heavy atom. The Morgan fingerprint density at radius 2 is 2.00 bits per heavy atom. The Morgan fingerprint density at radius 1 is 1.29 bits per heavy atom. The number of para-hydroxylation sites is 1. The zero-order valence-electron chi connectivity index (χ0n) is 12.7. The van der Waals surface area contributed by atoms with Crippen LogP contribution in [0.1, 0.15) is 38.0 Å². The highest BCUT2D eigenvalue weighted by atomic mass is 16.5. The second kappa shape index (κ2) is 6.43. The molecule has 0 aliphatic rings. The minimum atomic E-state index is -0.623. The molecule has 1 aromatic carbocycles. The van der Waals surface area contributed by atoms with Gasteiger partial charge in [-0.3, -0.25) is 4.79 Å². The molecule has 1 heterocycles. The van der Waals surface area contributed by atoms with Crippen molar-refractivity contribution in [2.45, 2.75) is 39.7 Å². The molecule has 0 spiro atoms. The number of hydrogen-bond acceptors (Lipinski definition) is 4. The van der Waals surface area contributed by atoms with Gasteiger partial charge in [-0.2, -0.15) is 0 Å². The molecule has 1 atom stereocenters. The summed E-state index contributed by atoms with van der Waals surface area (Å²) in [5, 5.41) is 6.39. The van der Waals surface area contributed by atoms with E-state index in [2.05, 4.69) is 24.3 Å². The van der Waals surface area contributed by atoms with Crippen molar-refractivity contribution >= 4 is 11.7 Å². The van der Waals surface area contributed by atoms with Crippen LogP contribution in [-0.4, -0.2) is 17.2 Å². The van der Waals surface area contributed by atoms with Crippen LogP contribution < -0.4 is 10.1 Å². The van der Waals surface area contributed by atoms with Crippen LogP contribution in [-0.2, 0) is 4.79 Å². The third-order valence-corrected chi connectivity index (χ3v) is 3.09. The summed E-state index contributed by atoms with van der Waals surface area (Å²) in [5.74, 6) is 1.83. The molecule has 0 fully saturated rings. The van der Waals surface area contributed by atoms with Gasteiger partial charge in [-0.05, 0) is 31.4 Å². The Labute approximate surface area is 124 Å². The number of amides is 1. The summed E-state index contributed by atoms with van der Waals surface area (Å²) < 4.78 is 10.7. The molecule has 1 aromatic heterocycles. The molecule has 2 aromatic rings. The zero-order chi connectivity index (χ0) is 15.4. The van der Waals surface area contributed by atoms with Crippen LogP contribution in [0.3, 0.4) is 0 Å². The predicted molar refractivity (Wildman–Crippen MR) is 80.5 cm³/mol. The van der Waals surface area contributed by atoms with E-state index < -0.39 is 6.10 Å². The summed E-state index contributed by atoms with van der Waals surface area (Å²) in [6, 6.07) is 9.40. The van der Waals surface area contributed by atoms with Crippen LogP contribution in [0.25, 0.3) is 0 Å². The Kier molecular flexibility index (Phi) is 4.62. The third kappa shape index (κ3) is 3.84. The average Bonchev–Trinajstić information content (AvgIpc) is 2.84. The molecule has 5 nitrogen and oxygen atoms in total. The molecule has 1 unspecified atom stereocenters. The van der Waals surface area contributed by atoms with Crippen LogP contribution in [0.5, 0.6) is 5.75 Å². The lowest BCUT2D eigenvalue weighted by Gasteiger charge is -2.18. The Hall–Kier alpha value is -2.30. The SMILES string of the molecule is Cc1cc(NC(=O)C(C)Oc2ccccc2C(C)C)no1. The van der Waals surface area contributed by atoms with Gasteiger partial charge in [0, 0.05) is 6.07 Å². The highest BCUT2D eigenvalue weighted by molar-refractivity contribution is 5.93. The molecule has 1 N–H and O–H groups in total. The number of anilines is 1. The van der Waals surface area contributed by atoms with Crippen molar-refractivity contribution < 1.29 is 14.1 Å². The maximum atomic E-state index is 12.1. The number of carbonyl (C=O) groups is 1. The fourth-order valence-electron chi connectivity index (χ4n) is 1.96. The number of aromatic nitrogens is 1. The van der Waals surface area contributed by atoms with Crippen LogP contribution in [0.2, 0.25) is 0 Å². The summed E-state index contributed by atoms with van der Waals surface area (Å²) in [6.07, 6.45) is -0.623. The zero-order valence-corrected chi connectivity index (χ0v) is 12.7. The monoisotopic (exact) mass is 288 g/mol. The van der Waals surface area contributed by atoms with Crippen LogP contribution in [0.4, 0.5) is 5.82 Å². The highest BCUT2D eigenvalue weighted by Gasteiger charge is 2.18. The molecule has 5 heteroatoms. The van der Waals surface area contributed by atoms with Gasteiger partial charge < -0.3 is 14.6 Å². The first-order chi connectivity index (χ1) is 9.97. The van der Waals surface area contributed by atoms with E-state index in [4.69, 9.17) is 9.26 Å². The normalized spacial score (nSPS) is 12.2. The van der Waals surface area contributed by atoms with Gasteiger partial charge in [0.1, 0.15) is 11.5 Å². The lowest BCUT2D eigenvalue weighted by Crippen LogP contribution is -2.30. The van der Waals surface area contributed by atoms with Crippen molar-refractivity contribution in [2.24, 2.45) is 0 Å². The third-order valence-electron chi connectivity index (χ3n) is 3.09. The number of aryl methyl sites for hydroxylation is 1. The molecule has 2 rings (SSSR count). The minimum Gasteiger partial charge on any atom is -0.481 e. The summed E-state index contributed by atoms with van der Waals surface area (Å²) in [4.78, 5) is 12.1. The Balaban J connectivity index is 2.04. The number of carbonyl (C=O) groups excluding carboxylic acids is 1. The summed E-state index contributed by atoms with van der Waals surface area (Å²) in [5.41, 5.74) is 1.08. The van der Waals surface area contributed by atoms with Crippen LogP contribution in [0.15, 0.2) is 34.9 Å². The number of ether oxygens (including phenoxy) is 1. The lowest BCUT2D eigenvalue weighted by atomic mass is 10.0. The number of rotatable bonds is 5. The predicted octanol–water partition coefficient (Wildman–Crippen LogP) is 3.51. The van der Waals surface area contributed by atoms with E-state index in [9.17, 15) is 4.79 Å². The van der Waals surface area contributed by atoms with Gasteiger partial charge in [0.05, 0.1) is 0 Å².